The molecule has 4 rings (SSSR count). The molecule has 1 aliphatic rings. The van der Waals surface area contributed by atoms with E-state index in [0.29, 0.717) is 0 Å². The van der Waals surface area contributed by atoms with Crippen LogP contribution < -0.4 is 5.32 Å². The Kier molecular flexibility index (Phi) is 4.21. The van der Waals surface area contributed by atoms with E-state index in [4.69, 9.17) is 9.97 Å². The summed E-state index contributed by atoms with van der Waals surface area (Å²) in [5.41, 5.74) is 2.45. The van der Waals surface area contributed by atoms with E-state index < -0.39 is 0 Å². The fourth-order valence-electron chi connectivity index (χ4n) is 2.86. The molecule has 2 aromatic heterocycles. The number of anilines is 1. The minimum atomic E-state index is 0.757. The maximum atomic E-state index is 4.84. The molecule has 0 saturated heterocycles. The van der Waals surface area contributed by atoms with Gasteiger partial charge in [-0.3, -0.25) is 0 Å². The second kappa shape index (κ2) is 6.49. The Labute approximate surface area is 146 Å². The van der Waals surface area contributed by atoms with Crippen molar-refractivity contribution in [2.75, 3.05) is 26.0 Å². The molecule has 0 unspecified atom stereocenters. The average Bonchev–Trinajstić information content (AvgIpc) is 3.30. The van der Waals surface area contributed by atoms with Gasteiger partial charge < -0.3 is 10.2 Å². The third-order valence-corrected chi connectivity index (χ3v) is 5.15. The maximum Gasteiger partial charge on any atom is 0.146 e. The molecule has 2 heterocycles. The molecule has 0 amide bonds. The highest BCUT2D eigenvalue weighted by atomic mass is 32.1. The monoisotopic (exact) mass is 338 g/mol. The molecule has 1 aromatic carbocycles. The summed E-state index contributed by atoms with van der Waals surface area (Å²) < 4.78 is 0. The Morgan fingerprint density at radius 2 is 1.96 bits per heavy atom. The summed E-state index contributed by atoms with van der Waals surface area (Å²) in [6.45, 7) is 1.77. The van der Waals surface area contributed by atoms with Crippen molar-refractivity contribution < 1.29 is 0 Å². The Morgan fingerprint density at radius 3 is 2.67 bits per heavy atom. The average molecular weight is 338 g/mol. The number of fused-ring (bicyclic) bond motifs is 1. The van der Waals surface area contributed by atoms with Gasteiger partial charge in [-0.1, -0.05) is 30.3 Å². The summed E-state index contributed by atoms with van der Waals surface area (Å²) >= 11 is 1.70. The molecule has 1 saturated carbocycles. The van der Waals surface area contributed by atoms with Crippen molar-refractivity contribution in [1.29, 1.82) is 0 Å². The van der Waals surface area contributed by atoms with Gasteiger partial charge in [-0.25, -0.2) is 9.97 Å². The zero-order chi connectivity index (χ0) is 16.5. The van der Waals surface area contributed by atoms with Gasteiger partial charge in [0.25, 0.3) is 0 Å². The van der Waals surface area contributed by atoms with Crippen molar-refractivity contribution >= 4 is 27.4 Å². The number of benzene rings is 1. The molecule has 4 nitrogen and oxygen atoms in total. The van der Waals surface area contributed by atoms with E-state index in [1.807, 2.05) is 0 Å². The number of hydrogen-bond acceptors (Lipinski definition) is 5. The molecule has 0 radical (unpaired) electrons. The summed E-state index contributed by atoms with van der Waals surface area (Å²) in [4.78, 5) is 12.8. The molecule has 24 heavy (non-hydrogen) atoms. The predicted octanol–water partition coefficient (Wildman–Crippen LogP) is 4.24. The van der Waals surface area contributed by atoms with E-state index in [0.717, 1.165) is 40.9 Å². The van der Waals surface area contributed by atoms with Gasteiger partial charge >= 0.3 is 0 Å². The van der Waals surface area contributed by atoms with Crippen LogP contribution in [0.3, 0.4) is 0 Å². The molecular formula is C19H22N4S. The normalized spacial score (nSPS) is 14.5. The largest absolute Gasteiger partial charge is 0.369 e. The molecule has 124 valence electrons. The van der Waals surface area contributed by atoms with E-state index in [1.54, 1.807) is 11.3 Å². The van der Waals surface area contributed by atoms with Gasteiger partial charge in [0, 0.05) is 17.5 Å². The van der Waals surface area contributed by atoms with E-state index in [2.05, 4.69) is 60.0 Å². The van der Waals surface area contributed by atoms with Gasteiger partial charge in [0.15, 0.2) is 0 Å². The van der Waals surface area contributed by atoms with E-state index >= 15 is 0 Å². The Hall–Kier alpha value is -1.98. The Bertz CT molecular complexity index is 837. The van der Waals surface area contributed by atoms with Crippen LogP contribution in [0.5, 0.6) is 0 Å². The van der Waals surface area contributed by atoms with Gasteiger partial charge in [0.1, 0.15) is 16.5 Å². The fraction of sp³-hybridized carbons (Fsp3) is 0.368. The second-order valence-electron chi connectivity index (χ2n) is 6.75. The van der Waals surface area contributed by atoms with Crippen LogP contribution >= 0.6 is 11.3 Å². The summed E-state index contributed by atoms with van der Waals surface area (Å²) in [5.74, 6) is 2.68. The fourth-order valence-corrected chi connectivity index (χ4v) is 3.83. The quantitative estimate of drug-likeness (QED) is 0.730. The van der Waals surface area contributed by atoms with Gasteiger partial charge in [0.2, 0.25) is 0 Å². The zero-order valence-electron chi connectivity index (χ0n) is 14.1. The maximum absolute atomic E-state index is 4.84. The van der Waals surface area contributed by atoms with E-state index in [-0.39, 0.29) is 0 Å². The standard InChI is InChI=1S/C19H22N4S/c1-23(2)11-16-21-18(20-10-13-8-9-13)17-15(12-24-19(17)22-16)14-6-4-3-5-7-14/h3-7,12-13H,8-11H2,1-2H3,(H,20,21,22). The minimum absolute atomic E-state index is 0.757. The van der Waals surface area contributed by atoms with Crippen molar-refractivity contribution in [1.82, 2.24) is 14.9 Å². The number of rotatable bonds is 6. The van der Waals surface area contributed by atoms with Crippen LogP contribution in [0.4, 0.5) is 5.82 Å². The zero-order valence-corrected chi connectivity index (χ0v) is 14.9. The van der Waals surface area contributed by atoms with Crippen molar-refractivity contribution in [3.8, 4) is 11.1 Å². The van der Waals surface area contributed by atoms with Crippen molar-refractivity contribution in [2.45, 2.75) is 19.4 Å². The highest BCUT2D eigenvalue weighted by molar-refractivity contribution is 7.17. The summed E-state index contributed by atoms with van der Waals surface area (Å²) in [6, 6.07) is 10.5. The lowest BCUT2D eigenvalue weighted by atomic mass is 10.1. The summed E-state index contributed by atoms with van der Waals surface area (Å²) in [7, 11) is 4.10. The molecule has 1 fully saturated rings. The number of hydrogen-bond donors (Lipinski definition) is 1. The minimum Gasteiger partial charge on any atom is -0.369 e. The molecule has 1 aliphatic carbocycles. The smallest absolute Gasteiger partial charge is 0.146 e. The highest BCUT2D eigenvalue weighted by Gasteiger charge is 2.22. The molecule has 1 N–H and O–H groups in total. The van der Waals surface area contributed by atoms with Crippen molar-refractivity contribution in [2.24, 2.45) is 5.92 Å². The molecule has 3 aromatic rings. The summed E-state index contributed by atoms with van der Waals surface area (Å²) in [5, 5.41) is 6.96. The topological polar surface area (TPSA) is 41.1 Å². The molecular weight excluding hydrogens is 316 g/mol. The third kappa shape index (κ3) is 3.28. The number of thiophene rings is 1. The van der Waals surface area contributed by atoms with Crippen LogP contribution in [-0.4, -0.2) is 35.5 Å². The lowest BCUT2D eigenvalue weighted by Crippen LogP contribution is -2.15. The van der Waals surface area contributed by atoms with Crippen LogP contribution in [0, 0.1) is 5.92 Å². The second-order valence-corrected chi connectivity index (χ2v) is 7.60. The van der Waals surface area contributed by atoms with Gasteiger partial charge in [-0.15, -0.1) is 11.3 Å². The van der Waals surface area contributed by atoms with E-state index in [9.17, 15) is 0 Å². The molecule has 0 spiro atoms. The molecule has 5 heteroatoms. The van der Waals surface area contributed by atoms with Crippen LogP contribution in [0.2, 0.25) is 0 Å². The Morgan fingerprint density at radius 1 is 1.17 bits per heavy atom. The number of nitrogens with one attached hydrogen (secondary N) is 1. The SMILES string of the molecule is CN(C)Cc1nc(NCC2CC2)c2c(-c3ccccc3)csc2n1. The first-order valence-corrected chi connectivity index (χ1v) is 9.31. The summed E-state index contributed by atoms with van der Waals surface area (Å²) in [6.07, 6.45) is 2.67. The third-order valence-electron chi connectivity index (χ3n) is 4.28. The predicted molar refractivity (Wildman–Crippen MR) is 101 cm³/mol. The lowest BCUT2D eigenvalue weighted by molar-refractivity contribution is 0.391. The van der Waals surface area contributed by atoms with E-state index in [1.165, 1.54) is 24.0 Å². The first-order valence-electron chi connectivity index (χ1n) is 8.43. The number of aromatic nitrogens is 2. The lowest BCUT2D eigenvalue weighted by Gasteiger charge is -2.12. The molecule has 0 atom stereocenters. The van der Waals surface area contributed by atoms with Crippen LogP contribution in [-0.2, 0) is 6.54 Å². The van der Waals surface area contributed by atoms with Gasteiger partial charge in [-0.05, 0) is 38.4 Å². The molecule has 0 bridgehead atoms. The number of nitrogens with zero attached hydrogens (tertiary/aromatic N) is 3. The van der Waals surface area contributed by atoms with Crippen LogP contribution in [0.15, 0.2) is 35.7 Å². The highest BCUT2D eigenvalue weighted by Crippen LogP contribution is 2.38. The van der Waals surface area contributed by atoms with Crippen molar-refractivity contribution in [3.05, 3.63) is 41.5 Å². The first-order chi connectivity index (χ1) is 11.7. The van der Waals surface area contributed by atoms with Gasteiger partial charge in [-0.2, -0.15) is 0 Å². The van der Waals surface area contributed by atoms with Crippen molar-refractivity contribution in [3.63, 3.8) is 0 Å². The molecule has 0 aliphatic heterocycles. The van der Waals surface area contributed by atoms with Gasteiger partial charge in [0.05, 0.1) is 11.9 Å². The first kappa shape index (κ1) is 15.5. The van der Waals surface area contributed by atoms with Crippen LogP contribution in [0.1, 0.15) is 18.7 Å². The Balaban J connectivity index is 1.80. The van der Waals surface area contributed by atoms with Crippen LogP contribution in [0.25, 0.3) is 21.3 Å².